The molecule has 0 aromatic heterocycles. The molecular weight excluding hydrogens is 236 g/mol. The average molecular weight is 264 g/mol. The summed E-state index contributed by atoms with van der Waals surface area (Å²) in [4.78, 5) is 10.3. The van der Waals surface area contributed by atoms with Crippen molar-refractivity contribution in [2.75, 3.05) is 0 Å². The first kappa shape index (κ1) is 17.7. The third kappa shape index (κ3) is 16.7. The number of carboxylic acid groups (broad SMARTS) is 1. The lowest BCUT2D eigenvalue weighted by Crippen LogP contribution is -1.91. The molecule has 0 radical (unpaired) electrons. The van der Waals surface area contributed by atoms with E-state index in [1.807, 2.05) is 18.2 Å². The summed E-state index contributed by atoms with van der Waals surface area (Å²) in [7, 11) is 0. The Balaban J connectivity index is 3.29. The average Bonchev–Trinajstić information content (AvgIpc) is 2.39. The van der Waals surface area contributed by atoms with Crippen molar-refractivity contribution in [3.63, 3.8) is 0 Å². The van der Waals surface area contributed by atoms with E-state index >= 15 is 0 Å². The summed E-state index contributed by atoms with van der Waals surface area (Å²) in [5.41, 5.74) is 0. The van der Waals surface area contributed by atoms with Gasteiger partial charge in [-0.1, -0.05) is 56.2 Å². The highest BCUT2D eigenvalue weighted by Crippen LogP contribution is 2.03. The molecule has 0 aliphatic carbocycles. The molecule has 0 heterocycles. The molecule has 0 bridgehead atoms. The van der Waals surface area contributed by atoms with E-state index in [2.05, 4.69) is 25.2 Å². The molecule has 0 aromatic rings. The smallest absolute Gasteiger partial charge is 0.303 e. The van der Waals surface area contributed by atoms with Crippen LogP contribution in [-0.4, -0.2) is 11.1 Å². The minimum absolute atomic E-state index is 0.217. The van der Waals surface area contributed by atoms with Crippen LogP contribution in [0.5, 0.6) is 0 Å². The number of aliphatic carboxylic acids is 1. The van der Waals surface area contributed by atoms with E-state index in [9.17, 15) is 4.79 Å². The maximum Gasteiger partial charge on any atom is 0.303 e. The quantitative estimate of drug-likeness (QED) is 0.296. The summed E-state index contributed by atoms with van der Waals surface area (Å²) in [6.07, 6.45) is 22.0. The summed E-state index contributed by atoms with van der Waals surface area (Å²) in [6.45, 7) is 2.22. The fourth-order valence-electron chi connectivity index (χ4n) is 1.64. The van der Waals surface area contributed by atoms with Gasteiger partial charge in [-0.2, -0.15) is 0 Å². The molecule has 1 N–H and O–H groups in total. The lowest BCUT2D eigenvalue weighted by molar-refractivity contribution is -0.136. The molecule has 2 heteroatoms. The zero-order chi connectivity index (χ0) is 14.2. The Bertz CT molecular complexity index is 288. The summed E-state index contributed by atoms with van der Waals surface area (Å²) >= 11 is 0. The first-order chi connectivity index (χ1) is 9.27. The molecule has 0 fully saturated rings. The van der Waals surface area contributed by atoms with Gasteiger partial charge >= 0.3 is 5.97 Å². The van der Waals surface area contributed by atoms with Crippen molar-refractivity contribution in [2.24, 2.45) is 0 Å². The van der Waals surface area contributed by atoms with Gasteiger partial charge in [-0.05, 0) is 38.5 Å². The van der Waals surface area contributed by atoms with Gasteiger partial charge in [-0.15, -0.1) is 0 Å². The first-order valence-electron chi connectivity index (χ1n) is 7.45. The van der Waals surface area contributed by atoms with Crippen molar-refractivity contribution in [1.82, 2.24) is 0 Å². The Kier molecular flexibility index (Phi) is 13.7. The Morgan fingerprint density at radius 2 is 1.37 bits per heavy atom. The van der Waals surface area contributed by atoms with Crippen LogP contribution in [0.1, 0.15) is 64.7 Å². The first-order valence-corrected chi connectivity index (χ1v) is 7.45. The molecule has 0 aromatic carbocycles. The van der Waals surface area contributed by atoms with Crippen LogP contribution in [0.2, 0.25) is 0 Å². The van der Waals surface area contributed by atoms with Crippen molar-refractivity contribution in [3.8, 4) is 0 Å². The van der Waals surface area contributed by atoms with Gasteiger partial charge in [-0.25, -0.2) is 0 Å². The number of unbranched alkanes of at least 4 members (excludes halogenated alkanes) is 5. The Morgan fingerprint density at radius 1 is 0.842 bits per heavy atom. The van der Waals surface area contributed by atoms with Gasteiger partial charge in [0.2, 0.25) is 0 Å². The normalized spacial score (nSPS) is 12.1. The van der Waals surface area contributed by atoms with Gasteiger partial charge in [-0.3, -0.25) is 4.79 Å². The van der Waals surface area contributed by atoms with Crippen LogP contribution in [0.3, 0.4) is 0 Å². The van der Waals surface area contributed by atoms with Gasteiger partial charge in [0.15, 0.2) is 0 Å². The van der Waals surface area contributed by atoms with Crippen LogP contribution in [0.25, 0.3) is 0 Å². The van der Waals surface area contributed by atoms with Crippen LogP contribution in [0, 0.1) is 0 Å². The maximum atomic E-state index is 10.3. The van der Waals surface area contributed by atoms with E-state index in [0.29, 0.717) is 6.42 Å². The third-order valence-corrected chi connectivity index (χ3v) is 2.79. The van der Waals surface area contributed by atoms with Crippen LogP contribution >= 0.6 is 0 Å². The zero-order valence-corrected chi connectivity index (χ0v) is 12.2. The van der Waals surface area contributed by atoms with E-state index < -0.39 is 5.97 Å². The lowest BCUT2D eigenvalue weighted by Gasteiger charge is -1.93. The molecule has 0 atom stereocenters. The lowest BCUT2D eigenvalue weighted by atomic mass is 10.1. The maximum absolute atomic E-state index is 10.3. The molecule has 19 heavy (non-hydrogen) atoms. The van der Waals surface area contributed by atoms with Crippen molar-refractivity contribution in [2.45, 2.75) is 64.7 Å². The minimum atomic E-state index is -0.736. The number of hydrogen-bond acceptors (Lipinski definition) is 1. The second-order valence-electron chi connectivity index (χ2n) is 4.69. The van der Waals surface area contributed by atoms with Gasteiger partial charge in [0.05, 0.1) is 0 Å². The Morgan fingerprint density at radius 3 is 1.95 bits per heavy atom. The topological polar surface area (TPSA) is 37.3 Å². The minimum Gasteiger partial charge on any atom is -0.481 e. The number of carbonyl (C=O) groups is 1. The largest absolute Gasteiger partial charge is 0.481 e. The second-order valence-corrected chi connectivity index (χ2v) is 4.69. The molecule has 0 rings (SSSR count). The number of rotatable bonds is 12. The summed E-state index contributed by atoms with van der Waals surface area (Å²) in [6, 6.07) is 0. The molecule has 0 unspecified atom stereocenters. The number of allylic oxidation sites excluding steroid dienone is 6. The third-order valence-electron chi connectivity index (χ3n) is 2.79. The molecule has 2 nitrogen and oxygen atoms in total. The summed E-state index contributed by atoms with van der Waals surface area (Å²) < 4.78 is 0. The molecule has 0 saturated carbocycles. The number of hydrogen-bond donors (Lipinski definition) is 1. The molecule has 0 aliphatic heterocycles. The highest BCUT2D eigenvalue weighted by atomic mass is 16.4. The van der Waals surface area contributed by atoms with Gasteiger partial charge in [0.25, 0.3) is 0 Å². The van der Waals surface area contributed by atoms with Crippen molar-refractivity contribution >= 4 is 5.97 Å². The van der Waals surface area contributed by atoms with Crippen LogP contribution in [-0.2, 0) is 4.79 Å². The van der Waals surface area contributed by atoms with E-state index in [4.69, 9.17) is 5.11 Å². The van der Waals surface area contributed by atoms with Crippen molar-refractivity contribution < 1.29 is 9.90 Å². The van der Waals surface area contributed by atoms with Crippen molar-refractivity contribution in [3.05, 3.63) is 36.5 Å². The standard InChI is InChI=1S/C17H28O2/c1-2-3-4-5-6-7-8-9-10-11-12-13-14-15-16-17(18)19/h5-6,11-14H,2-4,7-10,15-16H2,1H3,(H,18,19)/b6-5+,12-11+,14-13+. The van der Waals surface area contributed by atoms with Crippen LogP contribution in [0.4, 0.5) is 0 Å². The zero-order valence-electron chi connectivity index (χ0n) is 12.2. The molecule has 0 spiro atoms. The monoisotopic (exact) mass is 264 g/mol. The van der Waals surface area contributed by atoms with Crippen molar-refractivity contribution in [1.29, 1.82) is 0 Å². The molecular formula is C17H28O2. The van der Waals surface area contributed by atoms with E-state index in [0.717, 1.165) is 6.42 Å². The fraction of sp³-hybridized carbons (Fsp3) is 0.588. The molecule has 0 saturated heterocycles. The van der Waals surface area contributed by atoms with E-state index in [1.165, 1.54) is 38.5 Å². The number of carboxylic acids is 1. The summed E-state index contributed by atoms with van der Waals surface area (Å²) in [5, 5.41) is 8.45. The predicted octanol–water partition coefficient (Wildman–Crippen LogP) is 5.27. The van der Waals surface area contributed by atoms with Gasteiger partial charge in [0.1, 0.15) is 0 Å². The fourth-order valence-corrected chi connectivity index (χ4v) is 1.64. The van der Waals surface area contributed by atoms with E-state index in [1.54, 1.807) is 0 Å². The van der Waals surface area contributed by atoms with Gasteiger partial charge < -0.3 is 5.11 Å². The second kappa shape index (κ2) is 14.7. The molecule has 108 valence electrons. The molecule has 0 amide bonds. The Labute approximate surface area is 117 Å². The van der Waals surface area contributed by atoms with E-state index in [-0.39, 0.29) is 6.42 Å². The highest BCUT2D eigenvalue weighted by Gasteiger charge is 1.90. The SMILES string of the molecule is CCCC/C=C/CCCC/C=C/C=C/CCC(=O)O. The predicted molar refractivity (Wildman–Crippen MR) is 82.3 cm³/mol. The summed E-state index contributed by atoms with van der Waals surface area (Å²) in [5.74, 6) is -0.736. The molecule has 0 aliphatic rings. The van der Waals surface area contributed by atoms with Crippen LogP contribution < -0.4 is 0 Å². The van der Waals surface area contributed by atoms with Crippen LogP contribution in [0.15, 0.2) is 36.5 Å². The highest BCUT2D eigenvalue weighted by molar-refractivity contribution is 5.66. The Hall–Kier alpha value is -1.31. The van der Waals surface area contributed by atoms with Gasteiger partial charge in [0, 0.05) is 6.42 Å².